The zero-order valence-electron chi connectivity index (χ0n) is 15.8. The zero-order chi connectivity index (χ0) is 21.8. The van der Waals surface area contributed by atoms with Gasteiger partial charge in [-0.1, -0.05) is 0 Å². The molecule has 1 unspecified atom stereocenters. The lowest BCUT2D eigenvalue weighted by Gasteiger charge is -2.26. The third-order valence-corrected chi connectivity index (χ3v) is 6.17. The van der Waals surface area contributed by atoms with Gasteiger partial charge in [0.05, 0.1) is 34.7 Å². The van der Waals surface area contributed by atoms with E-state index in [0.29, 0.717) is 6.42 Å². The first kappa shape index (κ1) is 22.3. The number of nitrogens with zero attached hydrogens (tertiary/aromatic N) is 2. The van der Waals surface area contributed by atoms with E-state index in [2.05, 4.69) is 4.74 Å². The van der Waals surface area contributed by atoms with Gasteiger partial charge in [-0.15, -0.1) is 0 Å². The fourth-order valence-corrected chi connectivity index (χ4v) is 4.75. The minimum atomic E-state index is -3.20. The van der Waals surface area contributed by atoms with Crippen LogP contribution in [-0.2, 0) is 24.1 Å². The van der Waals surface area contributed by atoms with Crippen LogP contribution >= 0.6 is 0 Å². The molecule has 0 N–H and O–H groups in total. The van der Waals surface area contributed by atoms with Crippen molar-refractivity contribution in [2.45, 2.75) is 19.4 Å². The Morgan fingerprint density at radius 1 is 1.21 bits per heavy atom. The first-order valence-electron chi connectivity index (χ1n) is 8.62. The van der Waals surface area contributed by atoms with E-state index in [0.717, 1.165) is 25.3 Å². The summed E-state index contributed by atoms with van der Waals surface area (Å²) >= 11 is 0. The molecule has 1 atom stereocenters. The Kier molecular flexibility index (Phi) is 6.90. The van der Waals surface area contributed by atoms with Crippen LogP contribution in [-0.4, -0.2) is 73.9 Å². The Balaban J connectivity index is 2.11. The number of non-ortho nitro benzene ring substituents is 1. The standard InChI is InChI=1S/C17H20N2O9S/c1-3-18(13-4-5-29(25,26)10-13)15(20)9-28-17(22)12-6-11(16(21)27-2)7-14(8-12)19(23)24/h6-8,13H,3-5,9-10H2,1-2H3. The lowest BCUT2D eigenvalue weighted by atomic mass is 10.1. The van der Waals surface area contributed by atoms with Crippen LogP contribution in [0.3, 0.4) is 0 Å². The molecule has 1 aromatic carbocycles. The van der Waals surface area contributed by atoms with Crippen molar-refractivity contribution in [2.75, 3.05) is 31.8 Å². The van der Waals surface area contributed by atoms with Gasteiger partial charge in [0.25, 0.3) is 11.6 Å². The van der Waals surface area contributed by atoms with Crippen molar-refractivity contribution in [3.8, 4) is 0 Å². The number of hydrogen-bond donors (Lipinski definition) is 0. The second kappa shape index (κ2) is 8.99. The number of amides is 1. The quantitative estimate of drug-likeness (QED) is 0.345. The summed E-state index contributed by atoms with van der Waals surface area (Å²) in [6.07, 6.45) is 0.309. The summed E-state index contributed by atoms with van der Waals surface area (Å²) in [6.45, 7) is 1.24. The monoisotopic (exact) mass is 428 g/mol. The first-order valence-corrected chi connectivity index (χ1v) is 10.4. The number of benzene rings is 1. The van der Waals surface area contributed by atoms with Crippen LogP contribution in [0.25, 0.3) is 0 Å². The molecule has 1 saturated heterocycles. The van der Waals surface area contributed by atoms with Gasteiger partial charge in [-0.2, -0.15) is 0 Å². The van der Waals surface area contributed by atoms with E-state index in [4.69, 9.17) is 4.74 Å². The number of sulfone groups is 1. The zero-order valence-corrected chi connectivity index (χ0v) is 16.6. The van der Waals surface area contributed by atoms with Crippen molar-refractivity contribution in [1.29, 1.82) is 0 Å². The van der Waals surface area contributed by atoms with Gasteiger partial charge in [-0.25, -0.2) is 18.0 Å². The minimum Gasteiger partial charge on any atom is -0.465 e. The van der Waals surface area contributed by atoms with Crippen LogP contribution in [0.2, 0.25) is 0 Å². The van der Waals surface area contributed by atoms with E-state index in [1.54, 1.807) is 6.92 Å². The van der Waals surface area contributed by atoms with E-state index in [9.17, 15) is 32.9 Å². The summed E-state index contributed by atoms with van der Waals surface area (Å²) in [6, 6.07) is 2.44. The SMILES string of the molecule is CCN(C(=O)COC(=O)c1cc(C(=O)OC)cc([N+](=O)[O-])c1)C1CCS(=O)(=O)C1. The van der Waals surface area contributed by atoms with E-state index < -0.39 is 50.9 Å². The number of likely N-dealkylation sites (N-methyl/N-ethyl adjacent to an activating group) is 1. The fourth-order valence-electron chi connectivity index (χ4n) is 3.02. The molecule has 0 spiro atoms. The van der Waals surface area contributed by atoms with Crippen molar-refractivity contribution < 1.29 is 37.2 Å². The number of methoxy groups -OCH3 is 1. The molecule has 0 radical (unpaired) electrons. The van der Waals surface area contributed by atoms with Crippen LogP contribution < -0.4 is 0 Å². The molecule has 1 amide bonds. The first-order chi connectivity index (χ1) is 13.6. The molecule has 0 aromatic heterocycles. The molecule has 2 rings (SSSR count). The Hall–Kier alpha value is -3.02. The molecule has 1 fully saturated rings. The van der Waals surface area contributed by atoms with E-state index in [-0.39, 0.29) is 29.2 Å². The van der Waals surface area contributed by atoms with Gasteiger partial charge in [0.15, 0.2) is 16.4 Å². The fraction of sp³-hybridized carbons (Fsp3) is 0.471. The average molecular weight is 428 g/mol. The van der Waals surface area contributed by atoms with E-state index >= 15 is 0 Å². The molecule has 0 bridgehead atoms. The lowest BCUT2D eigenvalue weighted by Crippen LogP contribution is -2.43. The van der Waals surface area contributed by atoms with Crippen molar-refractivity contribution in [3.05, 3.63) is 39.4 Å². The van der Waals surface area contributed by atoms with Gasteiger partial charge in [0.1, 0.15) is 0 Å². The van der Waals surface area contributed by atoms with Gasteiger partial charge in [-0.3, -0.25) is 14.9 Å². The maximum absolute atomic E-state index is 12.4. The number of rotatable bonds is 7. The number of carbonyl (C=O) groups is 3. The van der Waals surface area contributed by atoms with E-state index in [1.807, 2.05) is 0 Å². The Morgan fingerprint density at radius 3 is 2.31 bits per heavy atom. The highest BCUT2D eigenvalue weighted by Crippen LogP contribution is 2.20. The molecule has 1 aliphatic heterocycles. The van der Waals surface area contributed by atoms with Gasteiger partial charge < -0.3 is 14.4 Å². The predicted molar refractivity (Wildman–Crippen MR) is 99.2 cm³/mol. The van der Waals surface area contributed by atoms with Crippen LogP contribution in [0.4, 0.5) is 5.69 Å². The third-order valence-electron chi connectivity index (χ3n) is 4.42. The summed E-state index contributed by atoms with van der Waals surface area (Å²) in [5.41, 5.74) is -1.03. The third kappa shape index (κ3) is 5.50. The average Bonchev–Trinajstić information content (AvgIpc) is 3.04. The lowest BCUT2D eigenvalue weighted by molar-refractivity contribution is -0.384. The normalized spacial score (nSPS) is 17.4. The van der Waals surface area contributed by atoms with Crippen LogP contribution in [0.5, 0.6) is 0 Å². The number of nitro benzene ring substituents is 1. The largest absolute Gasteiger partial charge is 0.465 e. The summed E-state index contributed by atoms with van der Waals surface area (Å²) in [7, 11) is -2.11. The molecule has 29 heavy (non-hydrogen) atoms. The maximum Gasteiger partial charge on any atom is 0.338 e. The molecule has 12 heteroatoms. The molecular weight excluding hydrogens is 408 g/mol. The number of esters is 2. The molecule has 1 aromatic rings. The maximum atomic E-state index is 12.4. The molecule has 0 saturated carbocycles. The Labute approximate surface area is 166 Å². The predicted octanol–water partition coefficient (Wildman–Crippen LogP) is 0.574. The van der Waals surface area contributed by atoms with Gasteiger partial charge in [0, 0.05) is 24.7 Å². The van der Waals surface area contributed by atoms with Crippen LogP contribution in [0.15, 0.2) is 18.2 Å². The second-order valence-corrected chi connectivity index (χ2v) is 8.56. The minimum absolute atomic E-state index is 0.00871. The van der Waals surface area contributed by atoms with E-state index in [1.165, 1.54) is 4.90 Å². The van der Waals surface area contributed by atoms with Crippen molar-refractivity contribution in [1.82, 2.24) is 4.90 Å². The topological polar surface area (TPSA) is 150 Å². The van der Waals surface area contributed by atoms with Gasteiger partial charge in [-0.05, 0) is 19.4 Å². The molecule has 1 heterocycles. The Morgan fingerprint density at radius 2 is 1.83 bits per heavy atom. The molecule has 11 nitrogen and oxygen atoms in total. The van der Waals surface area contributed by atoms with Gasteiger partial charge in [0.2, 0.25) is 0 Å². The highest BCUT2D eigenvalue weighted by atomic mass is 32.2. The van der Waals surface area contributed by atoms with Crippen LogP contribution in [0.1, 0.15) is 34.1 Å². The van der Waals surface area contributed by atoms with Crippen LogP contribution in [0, 0.1) is 10.1 Å². The summed E-state index contributed by atoms with van der Waals surface area (Å²) in [5.74, 6) is -2.65. The number of ether oxygens (including phenoxy) is 2. The molecular formula is C17H20N2O9S. The molecule has 1 aliphatic rings. The highest BCUT2D eigenvalue weighted by molar-refractivity contribution is 7.91. The number of nitro groups is 1. The molecule has 0 aliphatic carbocycles. The summed E-state index contributed by atoms with van der Waals surface area (Å²) < 4.78 is 32.7. The highest BCUT2D eigenvalue weighted by Gasteiger charge is 2.34. The number of hydrogen-bond acceptors (Lipinski definition) is 9. The van der Waals surface area contributed by atoms with Crippen molar-refractivity contribution in [2.24, 2.45) is 0 Å². The van der Waals surface area contributed by atoms with Crippen molar-refractivity contribution >= 4 is 33.4 Å². The smallest absolute Gasteiger partial charge is 0.338 e. The second-order valence-electron chi connectivity index (χ2n) is 6.33. The number of carbonyl (C=O) groups excluding carboxylic acids is 3. The van der Waals surface area contributed by atoms with Gasteiger partial charge >= 0.3 is 11.9 Å². The molecule has 158 valence electrons. The van der Waals surface area contributed by atoms with Crippen molar-refractivity contribution in [3.63, 3.8) is 0 Å². The summed E-state index contributed by atoms with van der Waals surface area (Å²) in [5, 5.41) is 11.0. The Bertz CT molecular complexity index is 942. The summed E-state index contributed by atoms with van der Waals surface area (Å²) in [4.78, 5) is 47.8.